The fourth-order valence-electron chi connectivity index (χ4n) is 2.46. The molecule has 0 bridgehead atoms. The number of amides is 1. The van der Waals surface area contributed by atoms with Crippen molar-refractivity contribution < 1.29 is 9.53 Å². The van der Waals surface area contributed by atoms with Gasteiger partial charge in [0.05, 0.1) is 30.3 Å². The number of ether oxygens (including phenoxy) is 1. The van der Waals surface area contributed by atoms with Crippen molar-refractivity contribution in [1.82, 2.24) is 9.88 Å². The van der Waals surface area contributed by atoms with Gasteiger partial charge in [0, 0.05) is 17.6 Å². The van der Waals surface area contributed by atoms with E-state index in [1.165, 1.54) is 0 Å². The number of likely N-dealkylation sites (N-methyl/N-ethyl adjacent to an activating group) is 1. The van der Waals surface area contributed by atoms with Gasteiger partial charge in [0.15, 0.2) is 0 Å². The monoisotopic (exact) mass is 360 g/mol. The van der Waals surface area contributed by atoms with Crippen LogP contribution in [-0.4, -0.2) is 29.9 Å². The van der Waals surface area contributed by atoms with Crippen molar-refractivity contribution in [3.63, 3.8) is 0 Å². The molecule has 0 aliphatic carbocycles. The average molecular weight is 361 g/mol. The van der Waals surface area contributed by atoms with Crippen LogP contribution in [0.5, 0.6) is 5.75 Å². The van der Waals surface area contributed by atoms with Gasteiger partial charge in [-0.3, -0.25) is 4.79 Å². The lowest BCUT2D eigenvalue weighted by molar-refractivity contribution is -0.129. The molecule has 0 aliphatic rings. The first-order valence-corrected chi connectivity index (χ1v) is 8.67. The second-order valence-electron chi connectivity index (χ2n) is 5.46. The predicted molar refractivity (Wildman–Crippen MR) is 97.8 cm³/mol. The van der Waals surface area contributed by atoms with Gasteiger partial charge in [0.2, 0.25) is 5.91 Å². The molecule has 0 saturated carbocycles. The third kappa shape index (κ3) is 3.68. The number of hydrogen-bond donors (Lipinski definition) is 0. The first-order valence-electron chi connectivity index (χ1n) is 7.47. The quantitative estimate of drug-likeness (QED) is 0.686. The number of para-hydroxylation sites is 1. The van der Waals surface area contributed by atoms with E-state index in [0.29, 0.717) is 17.3 Å². The Morgan fingerprint density at radius 1 is 1.29 bits per heavy atom. The Labute approximate surface area is 149 Å². The van der Waals surface area contributed by atoms with E-state index in [1.807, 2.05) is 24.3 Å². The van der Waals surface area contributed by atoms with Crippen LogP contribution in [0.15, 0.2) is 42.5 Å². The molecule has 6 heteroatoms. The van der Waals surface area contributed by atoms with Gasteiger partial charge in [-0.2, -0.15) is 0 Å². The summed E-state index contributed by atoms with van der Waals surface area (Å²) in [5, 5.41) is 1.51. The molecule has 0 unspecified atom stereocenters. The van der Waals surface area contributed by atoms with Crippen LogP contribution in [0.2, 0.25) is 5.02 Å². The second kappa shape index (κ2) is 7.20. The topological polar surface area (TPSA) is 42.4 Å². The molecule has 0 saturated heterocycles. The summed E-state index contributed by atoms with van der Waals surface area (Å²) in [6.07, 6.45) is 0.241. The summed E-state index contributed by atoms with van der Waals surface area (Å²) in [6.45, 7) is 0.487. The summed E-state index contributed by atoms with van der Waals surface area (Å²) in [5.74, 6) is 0.663. The normalized spacial score (nSPS) is 10.8. The van der Waals surface area contributed by atoms with E-state index >= 15 is 0 Å². The molecule has 0 aliphatic heterocycles. The Morgan fingerprint density at radius 2 is 2.08 bits per heavy atom. The number of nitrogens with zero attached hydrogens (tertiary/aromatic N) is 2. The zero-order chi connectivity index (χ0) is 17.1. The molecular formula is C18H17ClN2O2S. The smallest absolute Gasteiger partial charge is 0.227 e. The van der Waals surface area contributed by atoms with Crippen LogP contribution < -0.4 is 4.74 Å². The molecule has 0 atom stereocenters. The Balaban J connectivity index is 1.71. The molecule has 4 nitrogen and oxygen atoms in total. The zero-order valence-electron chi connectivity index (χ0n) is 13.5. The third-order valence-electron chi connectivity index (χ3n) is 3.72. The number of aromatic nitrogens is 1. The average Bonchev–Trinajstić information content (AvgIpc) is 2.97. The SMILES string of the molecule is COc1ccc(Cl)cc1CC(=O)N(C)Cc1nc2ccccc2s1. The Hall–Kier alpha value is -2.11. The summed E-state index contributed by atoms with van der Waals surface area (Å²) in [5.41, 5.74) is 1.75. The predicted octanol–water partition coefficient (Wildman–Crippen LogP) is 4.16. The van der Waals surface area contributed by atoms with Gasteiger partial charge in [-0.1, -0.05) is 23.7 Å². The molecule has 1 heterocycles. The van der Waals surface area contributed by atoms with Gasteiger partial charge >= 0.3 is 0 Å². The number of carbonyl (C=O) groups excluding carboxylic acids is 1. The number of fused-ring (bicyclic) bond motifs is 1. The number of thiazole rings is 1. The number of rotatable bonds is 5. The highest BCUT2D eigenvalue weighted by molar-refractivity contribution is 7.18. The van der Waals surface area contributed by atoms with E-state index < -0.39 is 0 Å². The molecule has 0 N–H and O–H groups in total. The van der Waals surface area contributed by atoms with E-state index in [0.717, 1.165) is 20.8 Å². The molecule has 3 aromatic rings. The van der Waals surface area contributed by atoms with Crippen molar-refractivity contribution in [3.8, 4) is 5.75 Å². The van der Waals surface area contributed by atoms with Gasteiger partial charge in [0.25, 0.3) is 0 Å². The lowest BCUT2D eigenvalue weighted by atomic mass is 10.1. The van der Waals surface area contributed by atoms with Gasteiger partial charge in [0.1, 0.15) is 10.8 Å². The maximum absolute atomic E-state index is 12.5. The van der Waals surface area contributed by atoms with Crippen molar-refractivity contribution in [2.75, 3.05) is 14.2 Å². The number of benzene rings is 2. The van der Waals surface area contributed by atoms with Crippen molar-refractivity contribution in [2.24, 2.45) is 0 Å². The number of methoxy groups -OCH3 is 1. The van der Waals surface area contributed by atoms with E-state index in [9.17, 15) is 4.79 Å². The number of halogens is 1. The van der Waals surface area contributed by atoms with E-state index in [-0.39, 0.29) is 12.3 Å². The summed E-state index contributed by atoms with van der Waals surface area (Å²) in [4.78, 5) is 18.8. The first kappa shape index (κ1) is 16.7. The fraction of sp³-hybridized carbons (Fsp3) is 0.222. The third-order valence-corrected chi connectivity index (χ3v) is 4.98. The molecule has 0 spiro atoms. The van der Waals surface area contributed by atoms with Crippen LogP contribution in [0.3, 0.4) is 0 Å². The van der Waals surface area contributed by atoms with Crippen LogP contribution in [-0.2, 0) is 17.8 Å². The van der Waals surface area contributed by atoms with Crippen LogP contribution in [0.1, 0.15) is 10.6 Å². The van der Waals surface area contributed by atoms with Crippen molar-refractivity contribution in [1.29, 1.82) is 0 Å². The van der Waals surface area contributed by atoms with E-state index in [4.69, 9.17) is 16.3 Å². The minimum absolute atomic E-state index is 0.00479. The van der Waals surface area contributed by atoms with Crippen molar-refractivity contribution in [2.45, 2.75) is 13.0 Å². The summed E-state index contributed by atoms with van der Waals surface area (Å²) >= 11 is 7.63. The number of carbonyl (C=O) groups is 1. The van der Waals surface area contributed by atoms with Crippen molar-refractivity contribution in [3.05, 3.63) is 58.1 Å². The maximum atomic E-state index is 12.5. The Bertz CT molecular complexity index is 845. The summed E-state index contributed by atoms with van der Waals surface area (Å²) < 4.78 is 6.43. The summed E-state index contributed by atoms with van der Waals surface area (Å²) in [7, 11) is 3.37. The van der Waals surface area contributed by atoms with Crippen LogP contribution >= 0.6 is 22.9 Å². The molecular weight excluding hydrogens is 344 g/mol. The number of hydrogen-bond acceptors (Lipinski definition) is 4. The molecule has 0 radical (unpaired) electrons. The molecule has 2 aromatic carbocycles. The van der Waals surface area contributed by atoms with Crippen LogP contribution in [0.4, 0.5) is 0 Å². The minimum atomic E-state index is -0.00479. The Morgan fingerprint density at radius 3 is 2.83 bits per heavy atom. The molecule has 3 rings (SSSR count). The highest BCUT2D eigenvalue weighted by Crippen LogP contribution is 2.25. The van der Waals surface area contributed by atoms with Crippen LogP contribution in [0.25, 0.3) is 10.2 Å². The second-order valence-corrected chi connectivity index (χ2v) is 7.01. The summed E-state index contributed by atoms with van der Waals surface area (Å²) in [6, 6.07) is 13.3. The highest BCUT2D eigenvalue weighted by Gasteiger charge is 2.15. The lowest BCUT2D eigenvalue weighted by Crippen LogP contribution is -2.27. The van der Waals surface area contributed by atoms with Gasteiger partial charge in [-0.25, -0.2) is 4.98 Å². The first-order chi connectivity index (χ1) is 11.6. The van der Waals surface area contributed by atoms with E-state index in [1.54, 1.807) is 48.6 Å². The molecule has 24 heavy (non-hydrogen) atoms. The van der Waals surface area contributed by atoms with Gasteiger partial charge < -0.3 is 9.64 Å². The van der Waals surface area contributed by atoms with Gasteiger partial charge in [-0.15, -0.1) is 11.3 Å². The Kier molecular flexibility index (Phi) is 5.02. The van der Waals surface area contributed by atoms with E-state index in [2.05, 4.69) is 4.98 Å². The minimum Gasteiger partial charge on any atom is -0.496 e. The molecule has 124 valence electrons. The largest absolute Gasteiger partial charge is 0.496 e. The maximum Gasteiger partial charge on any atom is 0.227 e. The van der Waals surface area contributed by atoms with Crippen molar-refractivity contribution >= 4 is 39.1 Å². The lowest BCUT2D eigenvalue weighted by Gasteiger charge is -2.17. The molecule has 1 amide bonds. The standard InChI is InChI=1S/C18H17ClN2O2S/c1-21(11-17-20-14-5-3-4-6-16(14)24-17)18(22)10-12-9-13(19)7-8-15(12)23-2/h3-9H,10-11H2,1-2H3. The zero-order valence-corrected chi connectivity index (χ0v) is 15.0. The highest BCUT2D eigenvalue weighted by atomic mass is 35.5. The molecule has 0 fully saturated rings. The van der Waals surface area contributed by atoms with Gasteiger partial charge in [-0.05, 0) is 30.3 Å². The van der Waals surface area contributed by atoms with Crippen LogP contribution in [0, 0.1) is 0 Å². The fourth-order valence-corrected chi connectivity index (χ4v) is 3.68. The molecule has 1 aromatic heterocycles.